The SMILES string of the molecule is CC(C)(C)OC(=O)[N+]1([O-])CCCC(C(=O)Nc2ccc(Br)cc2)C1. The summed E-state index contributed by atoms with van der Waals surface area (Å²) in [6.45, 7) is 5.23. The molecule has 1 fully saturated rings. The summed E-state index contributed by atoms with van der Waals surface area (Å²) in [4.78, 5) is 24.6. The van der Waals surface area contributed by atoms with Crippen LogP contribution in [0.4, 0.5) is 10.5 Å². The fourth-order valence-corrected chi connectivity index (χ4v) is 2.90. The van der Waals surface area contributed by atoms with Crippen molar-refractivity contribution in [3.8, 4) is 0 Å². The molecule has 1 aliphatic heterocycles. The molecule has 1 saturated heterocycles. The van der Waals surface area contributed by atoms with Crippen molar-refractivity contribution in [1.29, 1.82) is 0 Å². The number of likely N-dealkylation sites (tertiary alicyclic amines) is 1. The molecule has 2 unspecified atom stereocenters. The minimum Gasteiger partial charge on any atom is -0.622 e. The van der Waals surface area contributed by atoms with Gasteiger partial charge in [0.15, 0.2) is 0 Å². The standard InChI is InChI=1S/C17H23BrN2O4/c1-17(2,3)24-16(22)20(23)10-4-5-12(11-20)15(21)19-14-8-6-13(18)7-9-14/h6-9,12H,4-5,10-11H2,1-3H3,(H,19,21). The highest BCUT2D eigenvalue weighted by Crippen LogP contribution is 2.27. The van der Waals surface area contributed by atoms with Crippen molar-refractivity contribution in [2.45, 2.75) is 39.2 Å². The molecule has 6 nitrogen and oxygen atoms in total. The van der Waals surface area contributed by atoms with Crippen molar-refractivity contribution in [2.24, 2.45) is 5.92 Å². The Morgan fingerprint density at radius 2 is 1.92 bits per heavy atom. The lowest BCUT2D eigenvalue weighted by atomic mass is 9.97. The number of hydroxylamine groups is 3. The number of carbonyl (C=O) groups is 2. The molecule has 0 radical (unpaired) electrons. The molecule has 1 aromatic carbocycles. The van der Waals surface area contributed by atoms with Crippen molar-refractivity contribution in [1.82, 2.24) is 0 Å². The maximum atomic E-state index is 12.8. The number of ether oxygens (including phenoxy) is 1. The summed E-state index contributed by atoms with van der Waals surface area (Å²) in [7, 11) is 0. The molecule has 0 aliphatic carbocycles. The molecular weight excluding hydrogens is 376 g/mol. The number of amides is 2. The number of hydrogen-bond donors (Lipinski definition) is 1. The van der Waals surface area contributed by atoms with Crippen molar-refractivity contribution < 1.29 is 19.0 Å². The van der Waals surface area contributed by atoms with Gasteiger partial charge in [-0.25, -0.2) is 0 Å². The van der Waals surface area contributed by atoms with Crippen molar-refractivity contribution in [2.75, 3.05) is 18.4 Å². The molecule has 0 bridgehead atoms. The fourth-order valence-electron chi connectivity index (χ4n) is 2.63. The number of nitrogens with zero attached hydrogens (tertiary/aromatic N) is 1. The highest BCUT2D eigenvalue weighted by molar-refractivity contribution is 9.10. The van der Waals surface area contributed by atoms with E-state index in [9.17, 15) is 14.8 Å². The molecule has 0 spiro atoms. The van der Waals surface area contributed by atoms with Crippen molar-refractivity contribution in [3.63, 3.8) is 0 Å². The molecule has 132 valence electrons. The van der Waals surface area contributed by atoms with E-state index in [0.29, 0.717) is 18.5 Å². The van der Waals surface area contributed by atoms with Gasteiger partial charge in [-0.3, -0.25) is 9.44 Å². The molecule has 7 heteroatoms. The molecule has 2 atom stereocenters. The number of nitrogens with one attached hydrogen (secondary N) is 1. The number of piperidine rings is 1. The number of halogens is 1. The fraction of sp³-hybridized carbons (Fsp3) is 0.529. The molecule has 2 rings (SSSR count). The van der Waals surface area contributed by atoms with E-state index in [1.54, 1.807) is 32.9 Å². The lowest BCUT2D eigenvalue weighted by molar-refractivity contribution is -0.817. The minimum absolute atomic E-state index is 0.0860. The Morgan fingerprint density at radius 1 is 1.29 bits per heavy atom. The maximum Gasteiger partial charge on any atom is 0.516 e. The van der Waals surface area contributed by atoms with Crippen LogP contribution in [-0.2, 0) is 9.53 Å². The van der Waals surface area contributed by atoms with Crippen molar-refractivity contribution in [3.05, 3.63) is 33.9 Å². The van der Waals surface area contributed by atoms with Crippen LogP contribution < -0.4 is 5.32 Å². The zero-order valence-electron chi connectivity index (χ0n) is 14.2. The first-order valence-electron chi connectivity index (χ1n) is 7.97. The van der Waals surface area contributed by atoms with Crippen LogP contribution in [-0.4, -0.2) is 35.3 Å². The van der Waals surface area contributed by atoms with Gasteiger partial charge in [-0.1, -0.05) is 15.9 Å². The van der Waals surface area contributed by atoms with E-state index < -0.39 is 22.3 Å². The van der Waals surface area contributed by atoms with Gasteiger partial charge >= 0.3 is 6.09 Å². The second-order valence-corrected chi connectivity index (χ2v) is 8.03. The number of carbonyl (C=O) groups excluding carboxylic acids is 2. The predicted molar refractivity (Wildman–Crippen MR) is 95.1 cm³/mol. The first-order chi connectivity index (χ1) is 11.1. The largest absolute Gasteiger partial charge is 0.622 e. The third kappa shape index (κ3) is 5.03. The van der Waals surface area contributed by atoms with Crippen LogP contribution in [0.3, 0.4) is 0 Å². The van der Waals surface area contributed by atoms with Gasteiger partial charge in [-0.15, -0.1) is 0 Å². The smallest absolute Gasteiger partial charge is 0.516 e. The van der Waals surface area contributed by atoms with Gasteiger partial charge in [0.25, 0.3) is 0 Å². The summed E-state index contributed by atoms with van der Waals surface area (Å²) in [5.41, 5.74) is -0.0608. The molecule has 1 N–H and O–H groups in total. The van der Waals surface area contributed by atoms with Gasteiger partial charge in [-0.05, 0) is 57.9 Å². The third-order valence-corrected chi connectivity index (χ3v) is 4.32. The molecule has 0 saturated carbocycles. The predicted octanol–water partition coefficient (Wildman–Crippen LogP) is 4.05. The Hall–Kier alpha value is -1.44. The summed E-state index contributed by atoms with van der Waals surface area (Å²) < 4.78 is 5.04. The Labute approximate surface area is 150 Å². The number of rotatable bonds is 2. The Balaban J connectivity index is 2.02. The molecule has 24 heavy (non-hydrogen) atoms. The topological polar surface area (TPSA) is 78.5 Å². The van der Waals surface area contributed by atoms with Gasteiger partial charge in [0.05, 0.1) is 12.5 Å². The van der Waals surface area contributed by atoms with Gasteiger partial charge in [0.1, 0.15) is 12.1 Å². The van der Waals surface area contributed by atoms with Crippen LogP contribution in [0.5, 0.6) is 0 Å². The van der Waals surface area contributed by atoms with Gasteiger partial charge < -0.3 is 15.3 Å². The maximum absolute atomic E-state index is 12.8. The second-order valence-electron chi connectivity index (χ2n) is 7.11. The summed E-state index contributed by atoms with van der Waals surface area (Å²) in [5, 5.41) is 15.6. The Morgan fingerprint density at radius 3 is 2.50 bits per heavy atom. The lowest BCUT2D eigenvalue weighted by Gasteiger charge is -2.44. The third-order valence-electron chi connectivity index (χ3n) is 3.80. The number of benzene rings is 1. The first-order valence-corrected chi connectivity index (χ1v) is 8.76. The Kier molecular flexibility index (Phi) is 5.67. The van der Waals surface area contributed by atoms with E-state index in [4.69, 9.17) is 4.74 Å². The molecule has 0 aromatic heterocycles. The van der Waals surface area contributed by atoms with Crippen LogP contribution in [0.25, 0.3) is 0 Å². The molecule has 1 aliphatic rings. The Bertz CT molecular complexity index is 612. The normalized spacial score (nSPS) is 24.3. The minimum atomic E-state index is -1.10. The highest BCUT2D eigenvalue weighted by atomic mass is 79.9. The quantitative estimate of drug-likeness (QED) is 0.601. The van der Waals surface area contributed by atoms with Gasteiger partial charge in [-0.2, -0.15) is 4.79 Å². The highest BCUT2D eigenvalue weighted by Gasteiger charge is 2.40. The van der Waals surface area contributed by atoms with E-state index >= 15 is 0 Å². The van der Waals surface area contributed by atoms with Crippen LogP contribution in [0, 0.1) is 11.1 Å². The molecule has 1 aromatic rings. The van der Waals surface area contributed by atoms with Gasteiger partial charge in [0.2, 0.25) is 5.91 Å². The van der Waals surface area contributed by atoms with Crippen LogP contribution in [0.15, 0.2) is 28.7 Å². The summed E-state index contributed by atoms with van der Waals surface area (Å²) in [6.07, 6.45) is 0.290. The average Bonchev–Trinajstić information content (AvgIpc) is 2.48. The first kappa shape index (κ1) is 18.9. The number of hydrogen-bond acceptors (Lipinski definition) is 4. The van der Waals surface area contributed by atoms with E-state index in [-0.39, 0.29) is 19.0 Å². The van der Waals surface area contributed by atoms with Crippen LogP contribution >= 0.6 is 15.9 Å². The van der Waals surface area contributed by atoms with Crippen molar-refractivity contribution >= 4 is 33.6 Å². The van der Waals surface area contributed by atoms with Crippen LogP contribution in [0.2, 0.25) is 0 Å². The van der Waals surface area contributed by atoms with E-state index in [1.807, 2.05) is 12.1 Å². The number of quaternary nitrogens is 1. The monoisotopic (exact) mass is 398 g/mol. The lowest BCUT2D eigenvalue weighted by Crippen LogP contribution is -2.56. The van der Waals surface area contributed by atoms with Gasteiger partial charge in [0, 0.05) is 10.2 Å². The number of anilines is 1. The van der Waals surface area contributed by atoms with E-state index in [2.05, 4.69) is 21.2 Å². The summed E-state index contributed by atoms with van der Waals surface area (Å²) in [5.74, 6) is -0.744. The summed E-state index contributed by atoms with van der Waals surface area (Å²) >= 11 is 3.34. The molecule has 2 amide bonds. The van der Waals surface area contributed by atoms with Crippen LogP contribution in [0.1, 0.15) is 33.6 Å². The second kappa shape index (κ2) is 7.21. The summed E-state index contributed by atoms with van der Waals surface area (Å²) in [6, 6.07) is 7.20. The molecule has 1 heterocycles. The zero-order chi connectivity index (χ0) is 18.0. The molecular formula is C17H23BrN2O4. The van der Waals surface area contributed by atoms with E-state index in [0.717, 1.165) is 4.47 Å². The van der Waals surface area contributed by atoms with E-state index in [1.165, 1.54) is 0 Å². The zero-order valence-corrected chi connectivity index (χ0v) is 15.8. The average molecular weight is 399 g/mol.